The fraction of sp³-hybridized carbons (Fsp3) is 0.385. The topological polar surface area (TPSA) is 77.4 Å². The molecule has 2 N–H and O–H groups in total. The summed E-state index contributed by atoms with van der Waals surface area (Å²) in [5.41, 5.74) is 6.42. The Morgan fingerprint density at radius 3 is 2.76 bits per heavy atom. The summed E-state index contributed by atoms with van der Waals surface area (Å²) in [5, 5.41) is 8.41. The summed E-state index contributed by atoms with van der Waals surface area (Å²) >= 11 is 5.90. The van der Waals surface area contributed by atoms with Gasteiger partial charge >= 0.3 is 6.01 Å². The lowest BCUT2D eigenvalue weighted by Crippen LogP contribution is -2.24. The molecule has 0 aliphatic rings. The van der Waals surface area contributed by atoms with E-state index < -0.39 is 0 Å². The molecule has 6 nitrogen and oxygen atoms in total. The highest BCUT2D eigenvalue weighted by molar-refractivity contribution is 6.30. The van der Waals surface area contributed by atoms with E-state index in [9.17, 15) is 0 Å². The van der Waals surface area contributed by atoms with Crippen LogP contribution < -0.4 is 15.4 Å². The third-order valence-corrected chi connectivity index (χ3v) is 3.01. The van der Waals surface area contributed by atoms with Crippen LogP contribution in [0.2, 0.25) is 5.02 Å². The predicted molar refractivity (Wildman–Crippen MR) is 84.4 cm³/mol. The Balaban J connectivity index is 0.00000220. The fourth-order valence-electron chi connectivity index (χ4n) is 1.64. The lowest BCUT2D eigenvalue weighted by atomic mass is 10.2. The summed E-state index contributed by atoms with van der Waals surface area (Å²) in [5.74, 6) is 1.23. The SMILES string of the molecule is Cc1cc(Cl)ccc1OCCN(C)c1nnc(CN)o1.Cl. The molecule has 0 saturated heterocycles. The van der Waals surface area contributed by atoms with Gasteiger partial charge in [0.05, 0.1) is 13.1 Å². The van der Waals surface area contributed by atoms with Crippen molar-refractivity contribution < 1.29 is 9.15 Å². The van der Waals surface area contributed by atoms with Crippen molar-refractivity contribution in [2.75, 3.05) is 25.1 Å². The molecular formula is C13H18Cl2N4O2. The van der Waals surface area contributed by atoms with E-state index in [4.69, 9.17) is 26.5 Å². The normalized spacial score (nSPS) is 10.1. The molecule has 1 aromatic carbocycles. The molecule has 8 heteroatoms. The molecule has 0 bridgehead atoms. The Morgan fingerprint density at radius 1 is 1.38 bits per heavy atom. The van der Waals surface area contributed by atoms with Gasteiger partial charge in [-0.3, -0.25) is 0 Å². The second-order valence-corrected chi connectivity index (χ2v) is 4.80. The summed E-state index contributed by atoms with van der Waals surface area (Å²) in [4.78, 5) is 1.82. The van der Waals surface area contributed by atoms with E-state index >= 15 is 0 Å². The maximum Gasteiger partial charge on any atom is 0.318 e. The second-order valence-electron chi connectivity index (χ2n) is 4.36. The second kappa shape index (κ2) is 8.07. The average molecular weight is 333 g/mol. The number of aromatic nitrogens is 2. The number of hydrogen-bond acceptors (Lipinski definition) is 6. The third kappa shape index (κ3) is 4.77. The van der Waals surface area contributed by atoms with Gasteiger partial charge < -0.3 is 19.8 Å². The zero-order chi connectivity index (χ0) is 14.5. The number of nitrogens with two attached hydrogens (primary N) is 1. The van der Waals surface area contributed by atoms with E-state index in [0.717, 1.165) is 11.3 Å². The van der Waals surface area contributed by atoms with Crippen LogP contribution in [0.3, 0.4) is 0 Å². The molecule has 2 aromatic rings. The smallest absolute Gasteiger partial charge is 0.318 e. The van der Waals surface area contributed by atoms with Crippen LogP contribution in [0.25, 0.3) is 0 Å². The van der Waals surface area contributed by atoms with Crippen LogP contribution >= 0.6 is 24.0 Å². The summed E-state index contributed by atoms with van der Waals surface area (Å²) in [6, 6.07) is 5.96. The van der Waals surface area contributed by atoms with E-state index in [1.54, 1.807) is 6.07 Å². The van der Waals surface area contributed by atoms with E-state index in [0.29, 0.717) is 30.1 Å². The quantitative estimate of drug-likeness (QED) is 0.875. The number of aryl methyl sites for hydroxylation is 1. The molecule has 0 unspecified atom stereocenters. The van der Waals surface area contributed by atoms with Gasteiger partial charge in [0.15, 0.2) is 0 Å². The number of benzene rings is 1. The van der Waals surface area contributed by atoms with Crippen molar-refractivity contribution in [2.24, 2.45) is 5.73 Å². The number of hydrogen-bond donors (Lipinski definition) is 1. The summed E-state index contributed by atoms with van der Waals surface area (Å²) in [7, 11) is 1.85. The molecule has 0 saturated carbocycles. The van der Waals surface area contributed by atoms with Crippen LogP contribution in [0.4, 0.5) is 6.01 Å². The van der Waals surface area contributed by atoms with Crippen LogP contribution in [0.5, 0.6) is 5.75 Å². The number of likely N-dealkylation sites (N-methyl/N-ethyl adjacent to an activating group) is 1. The van der Waals surface area contributed by atoms with Crippen molar-refractivity contribution in [3.05, 3.63) is 34.7 Å². The van der Waals surface area contributed by atoms with Gasteiger partial charge in [0.2, 0.25) is 5.89 Å². The Kier molecular flexibility index (Phi) is 6.74. The minimum atomic E-state index is 0. The van der Waals surface area contributed by atoms with E-state index in [2.05, 4.69) is 10.2 Å². The van der Waals surface area contributed by atoms with Crippen molar-refractivity contribution in [2.45, 2.75) is 13.5 Å². The molecule has 116 valence electrons. The van der Waals surface area contributed by atoms with Gasteiger partial charge in [0.1, 0.15) is 12.4 Å². The molecule has 2 rings (SSSR count). The van der Waals surface area contributed by atoms with Crippen LogP contribution in [0, 0.1) is 6.92 Å². The number of rotatable bonds is 6. The van der Waals surface area contributed by atoms with Crippen molar-refractivity contribution >= 4 is 30.0 Å². The molecule has 0 aliphatic heterocycles. The average Bonchev–Trinajstić information content (AvgIpc) is 2.90. The molecule has 1 heterocycles. The molecular weight excluding hydrogens is 315 g/mol. The minimum Gasteiger partial charge on any atom is -0.491 e. The van der Waals surface area contributed by atoms with E-state index in [1.807, 2.05) is 31.0 Å². The first-order valence-electron chi connectivity index (χ1n) is 6.22. The Hall–Kier alpha value is -1.50. The van der Waals surface area contributed by atoms with Crippen molar-refractivity contribution in [3.63, 3.8) is 0 Å². The molecule has 21 heavy (non-hydrogen) atoms. The van der Waals surface area contributed by atoms with Gasteiger partial charge in [-0.1, -0.05) is 16.7 Å². The van der Waals surface area contributed by atoms with Gasteiger partial charge in [-0.15, -0.1) is 17.5 Å². The Morgan fingerprint density at radius 2 is 2.14 bits per heavy atom. The van der Waals surface area contributed by atoms with Crippen LogP contribution in [0.15, 0.2) is 22.6 Å². The highest BCUT2D eigenvalue weighted by Crippen LogP contribution is 2.21. The maximum atomic E-state index is 5.90. The zero-order valence-electron chi connectivity index (χ0n) is 11.9. The van der Waals surface area contributed by atoms with E-state index in [1.165, 1.54) is 0 Å². The monoisotopic (exact) mass is 332 g/mol. The van der Waals surface area contributed by atoms with Crippen molar-refractivity contribution in [3.8, 4) is 5.75 Å². The van der Waals surface area contributed by atoms with Crippen LogP contribution in [-0.4, -0.2) is 30.4 Å². The number of ether oxygens (including phenoxy) is 1. The zero-order valence-corrected chi connectivity index (χ0v) is 13.4. The molecule has 0 fully saturated rings. The fourth-order valence-corrected chi connectivity index (χ4v) is 1.87. The van der Waals surface area contributed by atoms with Gasteiger partial charge in [-0.2, -0.15) is 0 Å². The van der Waals surface area contributed by atoms with Gasteiger partial charge in [0.25, 0.3) is 0 Å². The van der Waals surface area contributed by atoms with Crippen LogP contribution in [-0.2, 0) is 6.54 Å². The lowest BCUT2D eigenvalue weighted by molar-refractivity contribution is 0.320. The summed E-state index contributed by atoms with van der Waals surface area (Å²) in [6.07, 6.45) is 0. The summed E-state index contributed by atoms with van der Waals surface area (Å²) in [6.45, 7) is 3.31. The van der Waals surface area contributed by atoms with Gasteiger partial charge in [-0.25, -0.2) is 0 Å². The van der Waals surface area contributed by atoms with Crippen molar-refractivity contribution in [1.29, 1.82) is 0 Å². The largest absolute Gasteiger partial charge is 0.491 e. The summed E-state index contributed by atoms with van der Waals surface area (Å²) < 4.78 is 11.0. The minimum absolute atomic E-state index is 0. The molecule has 0 aliphatic carbocycles. The first kappa shape index (κ1) is 17.6. The predicted octanol–water partition coefficient (Wildman–Crippen LogP) is 2.43. The van der Waals surface area contributed by atoms with Crippen LogP contribution in [0.1, 0.15) is 11.5 Å². The van der Waals surface area contributed by atoms with Gasteiger partial charge in [-0.05, 0) is 30.7 Å². The first-order chi connectivity index (χ1) is 9.60. The van der Waals surface area contributed by atoms with E-state index in [-0.39, 0.29) is 19.0 Å². The number of nitrogens with zero attached hydrogens (tertiary/aromatic N) is 3. The van der Waals surface area contributed by atoms with Gasteiger partial charge in [0, 0.05) is 12.1 Å². The molecule has 0 amide bonds. The highest BCUT2D eigenvalue weighted by Gasteiger charge is 2.10. The maximum absolute atomic E-state index is 5.90. The molecule has 0 spiro atoms. The number of anilines is 1. The number of halogens is 2. The molecule has 1 aromatic heterocycles. The van der Waals surface area contributed by atoms with Crippen molar-refractivity contribution in [1.82, 2.24) is 10.2 Å². The Bertz CT molecular complexity index is 577. The third-order valence-electron chi connectivity index (χ3n) is 2.78. The molecule has 0 radical (unpaired) electrons. The highest BCUT2D eigenvalue weighted by atomic mass is 35.5. The lowest BCUT2D eigenvalue weighted by Gasteiger charge is -2.15. The first-order valence-corrected chi connectivity index (χ1v) is 6.60. The standard InChI is InChI=1S/C13H17ClN4O2.ClH/c1-9-7-10(14)3-4-11(9)19-6-5-18(2)13-17-16-12(8-15)20-13;/h3-4,7H,5-6,8,15H2,1-2H3;1H. The molecule has 0 atom stereocenters. The Labute approximate surface area is 134 Å².